The van der Waals surface area contributed by atoms with Crippen molar-refractivity contribution >= 4 is 0 Å². The van der Waals surface area contributed by atoms with Gasteiger partial charge in [-0.05, 0) is 49.4 Å². The quantitative estimate of drug-likeness (QED) is 0.727. The Morgan fingerprint density at radius 2 is 2.12 bits per heavy atom. The molecule has 1 aromatic carbocycles. The minimum Gasteiger partial charge on any atom is -0.497 e. The fourth-order valence-corrected chi connectivity index (χ4v) is 1.82. The average molecular weight is 223 g/mol. The molecule has 0 aliphatic rings. The molecule has 90 valence electrons. The van der Waals surface area contributed by atoms with Crippen molar-refractivity contribution in [3.8, 4) is 5.75 Å². The number of nitrogens with two attached hydrogens (primary N) is 1. The highest BCUT2D eigenvalue weighted by atomic mass is 16.5. The first kappa shape index (κ1) is 13.0. The summed E-state index contributed by atoms with van der Waals surface area (Å²) in [5, 5.41) is 8.72. The van der Waals surface area contributed by atoms with E-state index in [1.807, 2.05) is 25.1 Å². The fraction of sp³-hybridized carbons (Fsp3) is 0.538. The fourth-order valence-electron chi connectivity index (χ4n) is 1.82. The molecule has 16 heavy (non-hydrogen) atoms. The lowest BCUT2D eigenvalue weighted by Gasteiger charge is -2.15. The summed E-state index contributed by atoms with van der Waals surface area (Å²) in [7, 11) is 1.66. The van der Waals surface area contributed by atoms with Crippen LogP contribution in [0, 0.1) is 6.92 Å². The molecule has 3 heteroatoms. The molecule has 1 unspecified atom stereocenters. The lowest BCUT2D eigenvalue weighted by atomic mass is 9.97. The standard InChI is InChI=1S/C13H21NO2/c1-10-9-11(16-2)6-7-12(10)13(14)5-3-4-8-15/h6-7,9,13,15H,3-5,8,14H2,1-2H3. The monoisotopic (exact) mass is 223 g/mol. The van der Waals surface area contributed by atoms with Crippen molar-refractivity contribution in [3.05, 3.63) is 29.3 Å². The Hall–Kier alpha value is -1.06. The second-order valence-corrected chi connectivity index (χ2v) is 4.05. The van der Waals surface area contributed by atoms with Crippen LogP contribution in [-0.2, 0) is 0 Å². The first-order valence-electron chi connectivity index (χ1n) is 5.70. The van der Waals surface area contributed by atoms with Crippen molar-refractivity contribution in [2.45, 2.75) is 32.2 Å². The first-order chi connectivity index (χ1) is 7.69. The largest absolute Gasteiger partial charge is 0.497 e. The van der Waals surface area contributed by atoms with Crippen LogP contribution in [0.1, 0.15) is 36.4 Å². The smallest absolute Gasteiger partial charge is 0.119 e. The summed E-state index contributed by atoms with van der Waals surface area (Å²) in [6.07, 6.45) is 2.69. The van der Waals surface area contributed by atoms with Gasteiger partial charge in [0.2, 0.25) is 0 Å². The Morgan fingerprint density at radius 3 is 2.69 bits per heavy atom. The maximum absolute atomic E-state index is 8.72. The molecule has 0 bridgehead atoms. The van der Waals surface area contributed by atoms with Crippen LogP contribution in [0.3, 0.4) is 0 Å². The van der Waals surface area contributed by atoms with Crippen LogP contribution in [-0.4, -0.2) is 18.8 Å². The number of ether oxygens (including phenoxy) is 1. The molecular weight excluding hydrogens is 202 g/mol. The van der Waals surface area contributed by atoms with Crippen molar-refractivity contribution in [2.24, 2.45) is 5.73 Å². The highest BCUT2D eigenvalue weighted by Crippen LogP contribution is 2.24. The molecule has 1 aromatic rings. The SMILES string of the molecule is COc1ccc(C(N)CCCCO)c(C)c1. The van der Waals surface area contributed by atoms with Crippen LogP contribution in [0.15, 0.2) is 18.2 Å². The molecule has 0 saturated heterocycles. The van der Waals surface area contributed by atoms with Gasteiger partial charge < -0.3 is 15.6 Å². The molecule has 0 saturated carbocycles. The Labute approximate surface area is 97.2 Å². The van der Waals surface area contributed by atoms with Gasteiger partial charge in [-0.3, -0.25) is 0 Å². The summed E-state index contributed by atoms with van der Waals surface area (Å²) in [4.78, 5) is 0. The lowest BCUT2D eigenvalue weighted by molar-refractivity contribution is 0.281. The van der Waals surface area contributed by atoms with Gasteiger partial charge in [-0.25, -0.2) is 0 Å². The van der Waals surface area contributed by atoms with E-state index in [9.17, 15) is 0 Å². The van der Waals surface area contributed by atoms with E-state index in [1.165, 1.54) is 5.56 Å². The van der Waals surface area contributed by atoms with Gasteiger partial charge in [-0.2, -0.15) is 0 Å². The number of hydrogen-bond donors (Lipinski definition) is 2. The summed E-state index contributed by atoms with van der Waals surface area (Å²) in [6, 6.07) is 6.02. The van der Waals surface area contributed by atoms with E-state index in [0.717, 1.165) is 30.6 Å². The summed E-state index contributed by atoms with van der Waals surface area (Å²) in [5.74, 6) is 0.865. The van der Waals surface area contributed by atoms with Crippen molar-refractivity contribution < 1.29 is 9.84 Å². The number of methoxy groups -OCH3 is 1. The maximum atomic E-state index is 8.72. The van der Waals surface area contributed by atoms with Gasteiger partial charge in [0.15, 0.2) is 0 Å². The van der Waals surface area contributed by atoms with Gasteiger partial charge >= 0.3 is 0 Å². The van der Waals surface area contributed by atoms with Crippen molar-refractivity contribution in [2.75, 3.05) is 13.7 Å². The normalized spacial score (nSPS) is 12.5. The molecule has 0 aromatic heterocycles. The summed E-state index contributed by atoms with van der Waals surface area (Å²) >= 11 is 0. The van der Waals surface area contributed by atoms with Crippen LogP contribution in [0.4, 0.5) is 0 Å². The zero-order valence-corrected chi connectivity index (χ0v) is 10.1. The Balaban J connectivity index is 2.64. The van der Waals surface area contributed by atoms with E-state index in [1.54, 1.807) is 7.11 Å². The molecule has 1 atom stereocenters. The molecule has 0 amide bonds. The van der Waals surface area contributed by atoms with Crippen molar-refractivity contribution in [1.82, 2.24) is 0 Å². The molecule has 3 nitrogen and oxygen atoms in total. The molecular formula is C13H21NO2. The zero-order valence-electron chi connectivity index (χ0n) is 10.1. The van der Waals surface area contributed by atoms with Crippen LogP contribution in [0.5, 0.6) is 5.75 Å². The highest BCUT2D eigenvalue weighted by molar-refractivity contribution is 5.36. The Morgan fingerprint density at radius 1 is 1.38 bits per heavy atom. The average Bonchev–Trinajstić information content (AvgIpc) is 2.29. The van der Waals surface area contributed by atoms with E-state index in [4.69, 9.17) is 15.6 Å². The third-order valence-electron chi connectivity index (χ3n) is 2.80. The number of hydrogen-bond acceptors (Lipinski definition) is 3. The van der Waals surface area contributed by atoms with E-state index < -0.39 is 0 Å². The first-order valence-corrected chi connectivity index (χ1v) is 5.70. The third kappa shape index (κ3) is 3.51. The zero-order chi connectivity index (χ0) is 12.0. The molecule has 0 radical (unpaired) electrons. The van der Waals surface area contributed by atoms with E-state index >= 15 is 0 Å². The number of unbranched alkanes of at least 4 members (excludes halogenated alkanes) is 1. The molecule has 0 spiro atoms. The maximum Gasteiger partial charge on any atom is 0.119 e. The minimum absolute atomic E-state index is 0.0532. The van der Waals surface area contributed by atoms with Crippen LogP contribution < -0.4 is 10.5 Å². The van der Waals surface area contributed by atoms with Crippen molar-refractivity contribution in [1.29, 1.82) is 0 Å². The van der Waals surface area contributed by atoms with E-state index in [-0.39, 0.29) is 12.6 Å². The Bertz CT molecular complexity index is 326. The third-order valence-corrected chi connectivity index (χ3v) is 2.80. The minimum atomic E-state index is 0.0532. The summed E-state index contributed by atoms with van der Waals surface area (Å²) in [5.41, 5.74) is 8.43. The lowest BCUT2D eigenvalue weighted by Crippen LogP contribution is -2.11. The van der Waals surface area contributed by atoms with E-state index in [2.05, 4.69) is 0 Å². The van der Waals surface area contributed by atoms with Crippen LogP contribution >= 0.6 is 0 Å². The van der Waals surface area contributed by atoms with Crippen molar-refractivity contribution in [3.63, 3.8) is 0 Å². The van der Waals surface area contributed by atoms with Gasteiger partial charge in [0.1, 0.15) is 5.75 Å². The molecule has 0 fully saturated rings. The van der Waals surface area contributed by atoms with Crippen LogP contribution in [0.25, 0.3) is 0 Å². The highest BCUT2D eigenvalue weighted by Gasteiger charge is 2.09. The second kappa shape index (κ2) is 6.51. The Kier molecular flexibility index (Phi) is 5.29. The van der Waals surface area contributed by atoms with Gasteiger partial charge in [0.05, 0.1) is 7.11 Å². The second-order valence-electron chi connectivity index (χ2n) is 4.05. The van der Waals surface area contributed by atoms with Crippen LogP contribution in [0.2, 0.25) is 0 Å². The molecule has 3 N–H and O–H groups in total. The van der Waals surface area contributed by atoms with Gasteiger partial charge in [-0.15, -0.1) is 0 Å². The molecule has 0 aliphatic heterocycles. The van der Waals surface area contributed by atoms with Gasteiger partial charge in [0, 0.05) is 12.6 Å². The van der Waals surface area contributed by atoms with Gasteiger partial charge in [-0.1, -0.05) is 6.07 Å². The topological polar surface area (TPSA) is 55.5 Å². The number of benzene rings is 1. The molecule has 1 rings (SSSR count). The number of rotatable bonds is 6. The predicted molar refractivity (Wildman–Crippen MR) is 65.6 cm³/mol. The summed E-state index contributed by atoms with van der Waals surface area (Å²) in [6.45, 7) is 2.29. The number of aliphatic hydroxyl groups is 1. The predicted octanol–water partition coefficient (Wildman–Crippen LogP) is 2.17. The molecule has 0 aliphatic carbocycles. The summed E-state index contributed by atoms with van der Waals surface area (Å²) < 4.78 is 5.15. The number of aryl methyl sites for hydroxylation is 1. The van der Waals surface area contributed by atoms with Gasteiger partial charge in [0.25, 0.3) is 0 Å². The number of aliphatic hydroxyl groups excluding tert-OH is 1. The van der Waals surface area contributed by atoms with E-state index in [0.29, 0.717) is 0 Å². The molecule has 0 heterocycles.